The molecule has 0 heterocycles. The minimum Gasteiger partial charge on any atom is -0.460 e. The Bertz CT molecular complexity index is 372. The number of esters is 1. The molecule has 0 aromatic heterocycles. The predicted octanol–water partition coefficient (Wildman–Crippen LogP) is 1.67. The first-order valence-corrected chi connectivity index (χ1v) is 8.39. The van der Waals surface area contributed by atoms with Crippen LogP contribution in [0, 0.1) is 0 Å². The van der Waals surface area contributed by atoms with Gasteiger partial charge in [-0.05, 0) is 41.3 Å². The van der Waals surface area contributed by atoms with Crippen LogP contribution in [0.4, 0.5) is 0 Å². The number of nitrogens with one attached hydrogen (secondary N) is 2. The van der Waals surface area contributed by atoms with E-state index in [0.717, 1.165) is 0 Å². The van der Waals surface area contributed by atoms with E-state index in [1.807, 2.05) is 34.7 Å². The molecule has 0 saturated heterocycles. The van der Waals surface area contributed by atoms with Gasteiger partial charge in [-0.3, -0.25) is 9.59 Å². The van der Waals surface area contributed by atoms with Gasteiger partial charge in [0.2, 0.25) is 0 Å². The Labute approximate surface area is 140 Å². The third kappa shape index (κ3) is 9.03. The van der Waals surface area contributed by atoms with Crippen molar-refractivity contribution in [2.24, 2.45) is 0 Å². The van der Waals surface area contributed by atoms with Crippen LogP contribution < -0.4 is 10.6 Å². The quantitative estimate of drug-likeness (QED) is 0.500. The molecule has 1 atom stereocenters. The van der Waals surface area contributed by atoms with Crippen molar-refractivity contribution < 1.29 is 19.1 Å². The summed E-state index contributed by atoms with van der Waals surface area (Å²) in [6, 6.07) is 0. The molecule has 23 heavy (non-hydrogen) atoms. The molecule has 0 bridgehead atoms. The van der Waals surface area contributed by atoms with Crippen molar-refractivity contribution in [3.8, 4) is 0 Å². The SMILES string of the molecule is CCC(C)(OCCC(C)(C)OC(=O)CCNC)C(=O)CCNC. The van der Waals surface area contributed by atoms with Crippen molar-refractivity contribution in [1.82, 2.24) is 10.6 Å². The van der Waals surface area contributed by atoms with Crippen LogP contribution in [-0.4, -0.2) is 56.7 Å². The Morgan fingerprint density at radius 1 is 1.00 bits per heavy atom. The van der Waals surface area contributed by atoms with Crippen molar-refractivity contribution in [1.29, 1.82) is 0 Å². The molecule has 1 unspecified atom stereocenters. The van der Waals surface area contributed by atoms with Crippen LogP contribution in [0.3, 0.4) is 0 Å². The van der Waals surface area contributed by atoms with E-state index in [4.69, 9.17) is 9.47 Å². The number of hydrogen-bond donors (Lipinski definition) is 2. The van der Waals surface area contributed by atoms with Gasteiger partial charge in [-0.1, -0.05) is 6.92 Å². The summed E-state index contributed by atoms with van der Waals surface area (Å²) in [5, 5.41) is 5.89. The van der Waals surface area contributed by atoms with Crippen LogP contribution in [0.1, 0.15) is 53.4 Å². The van der Waals surface area contributed by atoms with E-state index in [9.17, 15) is 9.59 Å². The molecule has 0 spiro atoms. The highest BCUT2D eigenvalue weighted by Crippen LogP contribution is 2.22. The Balaban J connectivity index is 4.36. The van der Waals surface area contributed by atoms with Crippen molar-refractivity contribution in [3.05, 3.63) is 0 Å². The maximum atomic E-state index is 12.2. The zero-order valence-corrected chi connectivity index (χ0v) is 15.6. The summed E-state index contributed by atoms with van der Waals surface area (Å²) in [5.41, 5.74) is -1.38. The number of Topliss-reactive ketones (excluding diaryl/α,β-unsaturated/α-hetero) is 1. The molecule has 6 heteroatoms. The maximum Gasteiger partial charge on any atom is 0.307 e. The van der Waals surface area contributed by atoms with E-state index in [1.54, 1.807) is 7.05 Å². The summed E-state index contributed by atoms with van der Waals surface area (Å²) in [7, 11) is 3.62. The van der Waals surface area contributed by atoms with E-state index < -0.39 is 11.2 Å². The molecule has 0 radical (unpaired) electrons. The van der Waals surface area contributed by atoms with Gasteiger partial charge in [0, 0.05) is 25.9 Å². The van der Waals surface area contributed by atoms with Gasteiger partial charge in [-0.15, -0.1) is 0 Å². The molecule has 0 aliphatic heterocycles. The van der Waals surface area contributed by atoms with Gasteiger partial charge in [-0.25, -0.2) is 0 Å². The summed E-state index contributed by atoms with van der Waals surface area (Å²) in [4.78, 5) is 23.9. The monoisotopic (exact) mass is 330 g/mol. The Morgan fingerprint density at radius 2 is 1.57 bits per heavy atom. The molecule has 0 aromatic rings. The van der Waals surface area contributed by atoms with E-state index in [-0.39, 0.29) is 11.8 Å². The minimum atomic E-state index is -0.775. The van der Waals surface area contributed by atoms with Crippen LogP contribution in [0.15, 0.2) is 0 Å². The fraction of sp³-hybridized carbons (Fsp3) is 0.882. The number of rotatable bonds is 13. The van der Waals surface area contributed by atoms with Crippen molar-refractivity contribution >= 4 is 11.8 Å². The van der Waals surface area contributed by atoms with Gasteiger partial charge in [-0.2, -0.15) is 0 Å². The van der Waals surface area contributed by atoms with Gasteiger partial charge in [0.25, 0.3) is 0 Å². The molecule has 0 aliphatic carbocycles. The lowest BCUT2D eigenvalue weighted by Gasteiger charge is -2.30. The molecular weight excluding hydrogens is 296 g/mol. The first kappa shape index (κ1) is 22.0. The molecule has 0 fully saturated rings. The number of ether oxygens (including phenoxy) is 2. The average Bonchev–Trinajstić information content (AvgIpc) is 2.49. The van der Waals surface area contributed by atoms with Gasteiger partial charge in [0.1, 0.15) is 11.2 Å². The third-order valence-corrected chi connectivity index (χ3v) is 3.96. The summed E-state index contributed by atoms with van der Waals surface area (Å²) in [6.07, 6.45) is 1.96. The summed E-state index contributed by atoms with van der Waals surface area (Å²) >= 11 is 0. The Hall–Kier alpha value is -0.980. The molecule has 6 nitrogen and oxygen atoms in total. The lowest BCUT2D eigenvalue weighted by atomic mass is 9.94. The van der Waals surface area contributed by atoms with E-state index in [0.29, 0.717) is 45.4 Å². The second-order valence-corrected chi connectivity index (χ2v) is 6.55. The second kappa shape index (κ2) is 10.7. The van der Waals surface area contributed by atoms with E-state index in [1.165, 1.54) is 0 Å². The maximum absolute atomic E-state index is 12.2. The van der Waals surface area contributed by atoms with E-state index in [2.05, 4.69) is 10.6 Å². The number of carbonyl (C=O) groups excluding carboxylic acids is 2. The second-order valence-electron chi connectivity index (χ2n) is 6.55. The highest BCUT2D eigenvalue weighted by atomic mass is 16.6. The highest BCUT2D eigenvalue weighted by Gasteiger charge is 2.32. The molecule has 0 aromatic carbocycles. The third-order valence-electron chi connectivity index (χ3n) is 3.96. The van der Waals surface area contributed by atoms with Gasteiger partial charge in [0.15, 0.2) is 5.78 Å². The minimum absolute atomic E-state index is 0.0955. The fourth-order valence-electron chi connectivity index (χ4n) is 2.04. The fourth-order valence-corrected chi connectivity index (χ4v) is 2.04. The molecule has 0 aliphatic rings. The average molecular weight is 330 g/mol. The van der Waals surface area contributed by atoms with Gasteiger partial charge in [0.05, 0.1) is 13.0 Å². The van der Waals surface area contributed by atoms with Crippen LogP contribution >= 0.6 is 0 Å². The van der Waals surface area contributed by atoms with E-state index >= 15 is 0 Å². The van der Waals surface area contributed by atoms with Crippen molar-refractivity contribution in [2.75, 3.05) is 33.8 Å². The standard InChI is InChI=1S/C17H34N2O4/c1-7-17(4,14(20)8-11-18-5)22-13-10-16(2,3)23-15(21)9-12-19-6/h18-19H,7-13H2,1-6H3. The van der Waals surface area contributed by atoms with Gasteiger partial charge >= 0.3 is 5.97 Å². The van der Waals surface area contributed by atoms with Crippen LogP contribution in [0.2, 0.25) is 0 Å². The molecule has 0 amide bonds. The molecule has 0 rings (SSSR count). The van der Waals surface area contributed by atoms with Crippen LogP contribution in [0.25, 0.3) is 0 Å². The van der Waals surface area contributed by atoms with Crippen molar-refractivity contribution in [2.45, 2.75) is 64.6 Å². The lowest BCUT2D eigenvalue weighted by molar-refractivity contribution is -0.161. The van der Waals surface area contributed by atoms with Crippen LogP contribution in [0.5, 0.6) is 0 Å². The number of ketones is 1. The zero-order chi connectivity index (χ0) is 17.9. The molecular formula is C17H34N2O4. The molecule has 2 N–H and O–H groups in total. The van der Waals surface area contributed by atoms with Crippen molar-refractivity contribution in [3.63, 3.8) is 0 Å². The van der Waals surface area contributed by atoms with Gasteiger partial charge < -0.3 is 20.1 Å². The summed E-state index contributed by atoms with van der Waals surface area (Å²) < 4.78 is 11.3. The first-order valence-electron chi connectivity index (χ1n) is 8.39. The zero-order valence-electron chi connectivity index (χ0n) is 15.6. The number of carbonyl (C=O) groups is 2. The topological polar surface area (TPSA) is 76.7 Å². The first-order chi connectivity index (χ1) is 10.7. The lowest BCUT2D eigenvalue weighted by Crippen LogP contribution is -2.40. The smallest absolute Gasteiger partial charge is 0.307 e. The predicted molar refractivity (Wildman–Crippen MR) is 91.5 cm³/mol. The number of hydrogen-bond acceptors (Lipinski definition) is 6. The molecule has 0 saturated carbocycles. The Kier molecular flexibility index (Phi) is 10.3. The summed E-state index contributed by atoms with van der Waals surface area (Å²) in [5.74, 6) is -0.133. The largest absolute Gasteiger partial charge is 0.460 e. The Morgan fingerprint density at radius 3 is 2.09 bits per heavy atom. The highest BCUT2D eigenvalue weighted by molar-refractivity contribution is 5.87. The normalized spacial score (nSPS) is 14.3. The summed E-state index contributed by atoms with van der Waals surface area (Å²) in [6.45, 7) is 9.12. The van der Waals surface area contributed by atoms with Crippen LogP contribution in [-0.2, 0) is 19.1 Å². The molecule has 136 valence electrons.